The van der Waals surface area contributed by atoms with Gasteiger partial charge in [-0.1, -0.05) is 35.4 Å². The van der Waals surface area contributed by atoms with E-state index < -0.39 is 11.9 Å². The van der Waals surface area contributed by atoms with Gasteiger partial charge in [0.05, 0.1) is 0 Å². The standard InChI is InChI=1S/C16H16ClFO/c1-9-6-10(2)15(11(3)7-9)16(19)13-5-4-12(17)8-14(13)18/h4-8,16,19H,1-3H3. The highest BCUT2D eigenvalue weighted by molar-refractivity contribution is 6.30. The van der Waals surface area contributed by atoms with Crippen molar-refractivity contribution in [2.45, 2.75) is 26.9 Å². The second kappa shape index (κ2) is 5.32. The Labute approximate surface area is 117 Å². The molecule has 0 heterocycles. The summed E-state index contributed by atoms with van der Waals surface area (Å²) in [5, 5.41) is 10.8. The summed E-state index contributed by atoms with van der Waals surface area (Å²) < 4.78 is 13.9. The van der Waals surface area contributed by atoms with Gasteiger partial charge >= 0.3 is 0 Å². The maximum atomic E-state index is 13.9. The molecule has 19 heavy (non-hydrogen) atoms. The van der Waals surface area contributed by atoms with Gasteiger partial charge in [-0.25, -0.2) is 4.39 Å². The molecule has 2 aromatic rings. The Morgan fingerprint density at radius 3 is 2.16 bits per heavy atom. The third-order valence-electron chi connectivity index (χ3n) is 3.27. The van der Waals surface area contributed by atoms with E-state index in [9.17, 15) is 9.50 Å². The minimum absolute atomic E-state index is 0.249. The van der Waals surface area contributed by atoms with Crippen LogP contribution >= 0.6 is 11.6 Å². The van der Waals surface area contributed by atoms with Crippen molar-refractivity contribution in [3.63, 3.8) is 0 Å². The molecule has 1 unspecified atom stereocenters. The fourth-order valence-electron chi connectivity index (χ4n) is 2.50. The van der Waals surface area contributed by atoms with Crippen molar-refractivity contribution in [3.05, 3.63) is 69.0 Å². The van der Waals surface area contributed by atoms with Crippen molar-refractivity contribution in [1.82, 2.24) is 0 Å². The Balaban J connectivity index is 2.53. The molecule has 0 saturated carbocycles. The summed E-state index contributed by atoms with van der Waals surface area (Å²) in [6.45, 7) is 5.85. The first-order valence-corrected chi connectivity index (χ1v) is 6.48. The Hall–Kier alpha value is -1.38. The van der Waals surface area contributed by atoms with Gasteiger partial charge in [-0.2, -0.15) is 0 Å². The van der Waals surface area contributed by atoms with E-state index >= 15 is 0 Å². The number of aliphatic hydroxyl groups excluding tert-OH is 1. The summed E-state index contributed by atoms with van der Waals surface area (Å²) in [4.78, 5) is 0. The average molecular weight is 279 g/mol. The van der Waals surface area contributed by atoms with Gasteiger partial charge in [0.15, 0.2) is 0 Å². The molecule has 1 N–H and O–H groups in total. The molecule has 0 spiro atoms. The Kier molecular flexibility index (Phi) is 3.93. The summed E-state index contributed by atoms with van der Waals surface area (Å²) in [6.07, 6.45) is -0.974. The third kappa shape index (κ3) is 2.80. The smallest absolute Gasteiger partial charge is 0.130 e. The number of rotatable bonds is 2. The zero-order valence-corrected chi connectivity index (χ0v) is 11.9. The van der Waals surface area contributed by atoms with E-state index in [0.717, 1.165) is 22.3 Å². The summed E-state index contributed by atoms with van der Waals surface area (Å²) >= 11 is 5.73. The summed E-state index contributed by atoms with van der Waals surface area (Å²) in [6, 6.07) is 8.31. The van der Waals surface area contributed by atoms with Gasteiger partial charge < -0.3 is 5.11 Å². The predicted molar refractivity (Wildman–Crippen MR) is 76.1 cm³/mol. The van der Waals surface area contributed by atoms with Crippen LogP contribution in [-0.4, -0.2) is 5.11 Å². The summed E-state index contributed by atoms with van der Waals surface area (Å²) in [5.74, 6) is -0.487. The van der Waals surface area contributed by atoms with Gasteiger partial charge in [-0.3, -0.25) is 0 Å². The second-order valence-corrected chi connectivity index (χ2v) is 5.32. The molecule has 1 nitrogen and oxygen atoms in total. The fourth-order valence-corrected chi connectivity index (χ4v) is 2.66. The topological polar surface area (TPSA) is 20.2 Å². The molecule has 0 saturated heterocycles. The Morgan fingerprint density at radius 2 is 1.63 bits per heavy atom. The zero-order valence-electron chi connectivity index (χ0n) is 11.2. The van der Waals surface area contributed by atoms with Crippen molar-refractivity contribution < 1.29 is 9.50 Å². The predicted octanol–water partition coefficient (Wildman–Crippen LogP) is 4.49. The minimum Gasteiger partial charge on any atom is -0.384 e. The van der Waals surface area contributed by atoms with E-state index in [0.29, 0.717) is 5.02 Å². The van der Waals surface area contributed by atoms with Crippen LogP contribution in [0.2, 0.25) is 5.02 Å². The molecule has 100 valence electrons. The van der Waals surface area contributed by atoms with Gasteiger partial charge in [0, 0.05) is 10.6 Å². The molecular weight excluding hydrogens is 263 g/mol. The Morgan fingerprint density at radius 1 is 1.05 bits per heavy atom. The highest BCUT2D eigenvalue weighted by Crippen LogP contribution is 2.31. The van der Waals surface area contributed by atoms with Crippen molar-refractivity contribution in [2.75, 3.05) is 0 Å². The van der Waals surface area contributed by atoms with Crippen molar-refractivity contribution in [1.29, 1.82) is 0 Å². The lowest BCUT2D eigenvalue weighted by Gasteiger charge is -2.18. The molecule has 0 aliphatic rings. The molecule has 0 aliphatic carbocycles. The lowest BCUT2D eigenvalue weighted by atomic mass is 9.92. The fraction of sp³-hybridized carbons (Fsp3) is 0.250. The summed E-state index contributed by atoms with van der Waals surface area (Å²) in [7, 11) is 0. The van der Waals surface area contributed by atoms with Crippen LogP contribution in [0.4, 0.5) is 4.39 Å². The maximum absolute atomic E-state index is 13.9. The molecule has 2 aromatic carbocycles. The first kappa shape index (κ1) is 14.0. The van der Waals surface area contributed by atoms with Gasteiger partial charge in [0.25, 0.3) is 0 Å². The van der Waals surface area contributed by atoms with Crippen LogP contribution in [0.5, 0.6) is 0 Å². The van der Waals surface area contributed by atoms with E-state index in [4.69, 9.17) is 11.6 Å². The van der Waals surface area contributed by atoms with E-state index in [1.54, 1.807) is 6.07 Å². The average Bonchev–Trinajstić information content (AvgIpc) is 2.26. The van der Waals surface area contributed by atoms with Gasteiger partial charge in [-0.15, -0.1) is 0 Å². The highest BCUT2D eigenvalue weighted by atomic mass is 35.5. The molecule has 1 atom stereocenters. The number of hydrogen-bond acceptors (Lipinski definition) is 1. The van der Waals surface area contributed by atoms with Crippen molar-refractivity contribution in [2.24, 2.45) is 0 Å². The second-order valence-electron chi connectivity index (χ2n) is 4.88. The largest absolute Gasteiger partial charge is 0.384 e. The van der Waals surface area contributed by atoms with Crippen LogP contribution in [0.1, 0.15) is 33.9 Å². The molecular formula is C16H16ClFO. The maximum Gasteiger partial charge on any atom is 0.130 e. The van der Waals surface area contributed by atoms with E-state index in [2.05, 4.69) is 0 Å². The van der Waals surface area contributed by atoms with Crippen molar-refractivity contribution in [3.8, 4) is 0 Å². The van der Waals surface area contributed by atoms with Crippen LogP contribution in [0.3, 0.4) is 0 Å². The molecule has 0 aromatic heterocycles. The lowest BCUT2D eigenvalue weighted by Crippen LogP contribution is -2.07. The van der Waals surface area contributed by atoms with E-state index in [-0.39, 0.29) is 5.56 Å². The Bertz CT molecular complexity index is 599. The molecule has 0 bridgehead atoms. The molecule has 2 rings (SSSR count). The van der Waals surface area contributed by atoms with E-state index in [1.165, 1.54) is 12.1 Å². The van der Waals surface area contributed by atoms with Gasteiger partial charge in [0.2, 0.25) is 0 Å². The number of benzene rings is 2. The van der Waals surface area contributed by atoms with Crippen LogP contribution in [0.25, 0.3) is 0 Å². The van der Waals surface area contributed by atoms with E-state index in [1.807, 2.05) is 32.9 Å². The van der Waals surface area contributed by atoms with Crippen LogP contribution in [-0.2, 0) is 0 Å². The first-order chi connectivity index (χ1) is 8.90. The van der Waals surface area contributed by atoms with Gasteiger partial charge in [0.1, 0.15) is 11.9 Å². The zero-order chi connectivity index (χ0) is 14.2. The quantitative estimate of drug-likeness (QED) is 0.858. The number of halogens is 2. The highest BCUT2D eigenvalue weighted by Gasteiger charge is 2.19. The molecule has 0 radical (unpaired) electrons. The molecule has 0 aliphatic heterocycles. The normalized spacial score (nSPS) is 12.5. The third-order valence-corrected chi connectivity index (χ3v) is 3.50. The molecule has 3 heteroatoms. The first-order valence-electron chi connectivity index (χ1n) is 6.11. The SMILES string of the molecule is Cc1cc(C)c(C(O)c2ccc(Cl)cc2F)c(C)c1. The van der Waals surface area contributed by atoms with Crippen LogP contribution in [0, 0.1) is 26.6 Å². The number of aliphatic hydroxyl groups is 1. The van der Waals surface area contributed by atoms with Crippen molar-refractivity contribution >= 4 is 11.6 Å². The number of hydrogen-bond donors (Lipinski definition) is 1. The summed E-state index contributed by atoms with van der Waals surface area (Å²) in [5.41, 5.74) is 4.05. The molecule has 0 amide bonds. The molecule has 0 fully saturated rings. The number of aryl methyl sites for hydroxylation is 3. The van der Waals surface area contributed by atoms with Crippen LogP contribution in [0.15, 0.2) is 30.3 Å². The van der Waals surface area contributed by atoms with Gasteiger partial charge in [-0.05, 0) is 49.6 Å². The minimum atomic E-state index is -0.974. The van der Waals surface area contributed by atoms with Crippen LogP contribution < -0.4 is 0 Å². The lowest BCUT2D eigenvalue weighted by molar-refractivity contribution is 0.213. The monoisotopic (exact) mass is 278 g/mol.